The highest BCUT2D eigenvalue weighted by Gasteiger charge is 2.11. The van der Waals surface area contributed by atoms with Gasteiger partial charge in [0.15, 0.2) is 0 Å². The van der Waals surface area contributed by atoms with Crippen LogP contribution in [0.1, 0.15) is 26.7 Å². The van der Waals surface area contributed by atoms with Crippen LogP contribution in [0.2, 0.25) is 0 Å². The third kappa shape index (κ3) is 3.73. The van der Waals surface area contributed by atoms with Gasteiger partial charge in [-0.05, 0) is 12.8 Å². The minimum atomic E-state index is 0.178. The molecule has 0 bridgehead atoms. The summed E-state index contributed by atoms with van der Waals surface area (Å²) in [6.45, 7) is 6.28. The highest BCUT2D eigenvalue weighted by Crippen LogP contribution is 1.98. The standard InChI is InChI=1S/C11H19N3O/c1-3-6-14(7-4-2)11(15)9-13-8-5-12-10-13/h5,8,10H,3-4,6-7,9H2,1-2H3. The molecule has 15 heavy (non-hydrogen) atoms. The number of nitrogens with zero attached hydrogens (tertiary/aromatic N) is 3. The van der Waals surface area contributed by atoms with Crippen LogP contribution in [0.15, 0.2) is 18.7 Å². The highest BCUT2D eigenvalue weighted by atomic mass is 16.2. The SMILES string of the molecule is CCCN(CCC)C(=O)Cn1ccnc1. The number of carbonyl (C=O) groups is 1. The molecular formula is C11H19N3O. The number of carbonyl (C=O) groups excluding carboxylic acids is 1. The van der Waals surface area contributed by atoms with E-state index in [1.165, 1.54) is 0 Å². The zero-order chi connectivity index (χ0) is 11.1. The molecule has 0 N–H and O–H groups in total. The molecule has 0 aromatic carbocycles. The van der Waals surface area contributed by atoms with E-state index in [1.807, 2.05) is 11.1 Å². The number of hydrogen-bond acceptors (Lipinski definition) is 2. The van der Waals surface area contributed by atoms with Gasteiger partial charge in [-0.25, -0.2) is 4.98 Å². The molecule has 4 heteroatoms. The highest BCUT2D eigenvalue weighted by molar-refractivity contribution is 5.75. The van der Waals surface area contributed by atoms with Gasteiger partial charge in [-0.15, -0.1) is 0 Å². The molecule has 0 spiro atoms. The summed E-state index contributed by atoms with van der Waals surface area (Å²) in [5, 5.41) is 0. The van der Waals surface area contributed by atoms with Crippen molar-refractivity contribution in [2.75, 3.05) is 13.1 Å². The molecule has 0 unspecified atom stereocenters. The average molecular weight is 209 g/mol. The molecule has 1 aromatic heterocycles. The van der Waals surface area contributed by atoms with Gasteiger partial charge in [-0.2, -0.15) is 0 Å². The van der Waals surface area contributed by atoms with Crippen molar-refractivity contribution in [3.8, 4) is 0 Å². The lowest BCUT2D eigenvalue weighted by Gasteiger charge is -2.21. The van der Waals surface area contributed by atoms with Crippen LogP contribution in [0.5, 0.6) is 0 Å². The fourth-order valence-corrected chi connectivity index (χ4v) is 1.54. The molecule has 1 aromatic rings. The van der Waals surface area contributed by atoms with E-state index in [1.54, 1.807) is 17.1 Å². The van der Waals surface area contributed by atoms with Crippen LogP contribution in [-0.2, 0) is 11.3 Å². The topological polar surface area (TPSA) is 38.1 Å². The van der Waals surface area contributed by atoms with Gasteiger partial charge in [0, 0.05) is 25.5 Å². The van der Waals surface area contributed by atoms with Crippen molar-refractivity contribution in [3.05, 3.63) is 18.7 Å². The molecule has 1 amide bonds. The Morgan fingerprint density at radius 1 is 1.33 bits per heavy atom. The number of hydrogen-bond donors (Lipinski definition) is 0. The molecule has 1 heterocycles. The second kappa shape index (κ2) is 6.22. The van der Waals surface area contributed by atoms with E-state index in [9.17, 15) is 4.79 Å². The number of imidazole rings is 1. The first-order valence-electron chi connectivity index (χ1n) is 5.51. The number of aromatic nitrogens is 2. The Morgan fingerprint density at radius 2 is 2.00 bits per heavy atom. The van der Waals surface area contributed by atoms with Crippen molar-refractivity contribution >= 4 is 5.91 Å². The molecule has 4 nitrogen and oxygen atoms in total. The molecule has 0 fully saturated rings. The van der Waals surface area contributed by atoms with Crippen LogP contribution in [0.3, 0.4) is 0 Å². The zero-order valence-electron chi connectivity index (χ0n) is 9.52. The summed E-state index contributed by atoms with van der Waals surface area (Å²) in [5.74, 6) is 0.178. The Labute approximate surface area is 90.9 Å². The predicted octanol–water partition coefficient (Wildman–Crippen LogP) is 1.53. The van der Waals surface area contributed by atoms with Gasteiger partial charge in [-0.3, -0.25) is 4.79 Å². The summed E-state index contributed by atoms with van der Waals surface area (Å²) in [6.07, 6.45) is 7.20. The van der Waals surface area contributed by atoms with Gasteiger partial charge < -0.3 is 9.47 Å². The molecule has 0 aliphatic rings. The van der Waals surface area contributed by atoms with Gasteiger partial charge in [-0.1, -0.05) is 13.8 Å². The van der Waals surface area contributed by atoms with Crippen LogP contribution in [0, 0.1) is 0 Å². The second-order valence-corrected chi connectivity index (χ2v) is 3.62. The third-order valence-electron chi connectivity index (χ3n) is 2.22. The summed E-state index contributed by atoms with van der Waals surface area (Å²) in [4.78, 5) is 17.7. The van der Waals surface area contributed by atoms with Gasteiger partial charge in [0.1, 0.15) is 6.54 Å². The Morgan fingerprint density at radius 3 is 2.47 bits per heavy atom. The molecule has 0 atom stereocenters. The van der Waals surface area contributed by atoms with Crippen molar-refractivity contribution in [3.63, 3.8) is 0 Å². The van der Waals surface area contributed by atoms with Crippen molar-refractivity contribution in [1.82, 2.24) is 14.5 Å². The van der Waals surface area contributed by atoms with Crippen LogP contribution in [0.4, 0.5) is 0 Å². The first kappa shape index (κ1) is 11.8. The summed E-state index contributed by atoms with van der Waals surface area (Å²) >= 11 is 0. The maximum absolute atomic E-state index is 11.9. The van der Waals surface area contributed by atoms with E-state index in [0.717, 1.165) is 25.9 Å². The largest absolute Gasteiger partial charge is 0.341 e. The van der Waals surface area contributed by atoms with E-state index in [0.29, 0.717) is 6.54 Å². The monoisotopic (exact) mass is 209 g/mol. The third-order valence-corrected chi connectivity index (χ3v) is 2.22. The minimum Gasteiger partial charge on any atom is -0.341 e. The average Bonchev–Trinajstić information content (AvgIpc) is 2.70. The minimum absolute atomic E-state index is 0.178. The van der Waals surface area contributed by atoms with E-state index >= 15 is 0 Å². The van der Waals surface area contributed by atoms with E-state index in [4.69, 9.17) is 0 Å². The molecular weight excluding hydrogens is 190 g/mol. The molecule has 1 rings (SSSR count). The molecule has 84 valence electrons. The Hall–Kier alpha value is -1.32. The number of amides is 1. The Kier molecular flexibility index (Phi) is 4.87. The maximum Gasteiger partial charge on any atom is 0.242 e. The van der Waals surface area contributed by atoms with E-state index in [-0.39, 0.29) is 5.91 Å². The van der Waals surface area contributed by atoms with E-state index < -0.39 is 0 Å². The quantitative estimate of drug-likeness (QED) is 0.712. The lowest BCUT2D eigenvalue weighted by atomic mass is 10.3. The fraction of sp³-hybridized carbons (Fsp3) is 0.636. The van der Waals surface area contributed by atoms with Crippen LogP contribution in [-0.4, -0.2) is 33.4 Å². The Balaban J connectivity index is 2.48. The van der Waals surface area contributed by atoms with Crippen molar-refractivity contribution in [1.29, 1.82) is 0 Å². The first-order chi connectivity index (χ1) is 7.27. The lowest BCUT2D eigenvalue weighted by Crippen LogP contribution is -2.34. The maximum atomic E-state index is 11.9. The summed E-state index contributed by atoms with van der Waals surface area (Å²) in [7, 11) is 0. The normalized spacial score (nSPS) is 10.3. The lowest BCUT2D eigenvalue weighted by molar-refractivity contribution is -0.131. The van der Waals surface area contributed by atoms with Crippen molar-refractivity contribution in [2.24, 2.45) is 0 Å². The first-order valence-corrected chi connectivity index (χ1v) is 5.51. The van der Waals surface area contributed by atoms with Crippen LogP contribution < -0.4 is 0 Å². The smallest absolute Gasteiger partial charge is 0.242 e. The zero-order valence-corrected chi connectivity index (χ0v) is 9.52. The predicted molar refractivity (Wildman–Crippen MR) is 59.4 cm³/mol. The van der Waals surface area contributed by atoms with Gasteiger partial charge in [0.25, 0.3) is 0 Å². The van der Waals surface area contributed by atoms with Gasteiger partial charge in [0.05, 0.1) is 6.33 Å². The van der Waals surface area contributed by atoms with Crippen molar-refractivity contribution in [2.45, 2.75) is 33.2 Å². The number of rotatable bonds is 6. The van der Waals surface area contributed by atoms with Gasteiger partial charge in [0.2, 0.25) is 5.91 Å². The molecule has 0 aliphatic heterocycles. The van der Waals surface area contributed by atoms with Gasteiger partial charge >= 0.3 is 0 Å². The summed E-state index contributed by atoms with van der Waals surface area (Å²) < 4.78 is 1.81. The van der Waals surface area contributed by atoms with E-state index in [2.05, 4.69) is 18.8 Å². The van der Waals surface area contributed by atoms with Crippen molar-refractivity contribution < 1.29 is 4.79 Å². The summed E-state index contributed by atoms with van der Waals surface area (Å²) in [6, 6.07) is 0. The molecule has 0 aliphatic carbocycles. The van der Waals surface area contributed by atoms with Crippen LogP contribution >= 0.6 is 0 Å². The second-order valence-electron chi connectivity index (χ2n) is 3.62. The molecule has 0 saturated heterocycles. The molecule has 0 radical (unpaired) electrons. The fourth-order valence-electron chi connectivity index (χ4n) is 1.54. The Bertz CT molecular complexity index is 276. The molecule has 0 saturated carbocycles. The van der Waals surface area contributed by atoms with Crippen LogP contribution in [0.25, 0.3) is 0 Å². The summed E-state index contributed by atoms with van der Waals surface area (Å²) in [5.41, 5.74) is 0.